The molecule has 0 aliphatic heterocycles. The zero-order valence-electron chi connectivity index (χ0n) is 11.3. The second kappa shape index (κ2) is 7.39. The zero-order valence-corrected chi connectivity index (χ0v) is 11.3. The average molecular weight is 282 g/mol. The highest BCUT2D eigenvalue weighted by atomic mass is 16.6. The van der Waals surface area contributed by atoms with Crippen molar-refractivity contribution in [1.82, 2.24) is 9.99 Å². The van der Waals surface area contributed by atoms with E-state index in [4.69, 9.17) is 5.84 Å². The minimum atomic E-state index is -0.503. The van der Waals surface area contributed by atoms with Gasteiger partial charge in [0.05, 0.1) is 11.1 Å². The number of nitrogens with one attached hydrogen (secondary N) is 1. The Morgan fingerprint density at radius 2 is 2.15 bits per heavy atom. The number of rotatable bonds is 7. The third-order valence-electron chi connectivity index (χ3n) is 2.97. The molecule has 1 rings (SSSR count). The topological polar surface area (TPSA) is 120 Å². The molecule has 0 aliphatic rings. The summed E-state index contributed by atoms with van der Waals surface area (Å²) in [4.78, 5) is 32.9. The maximum Gasteiger partial charge on any atom is 0.288 e. The number of hydrogen-bond acceptors (Lipinski definition) is 5. The Hall–Kier alpha value is -2.22. The molecule has 0 aromatic carbocycles. The van der Waals surface area contributed by atoms with Crippen LogP contribution in [0.15, 0.2) is 17.1 Å². The Labute approximate surface area is 115 Å². The Morgan fingerprint density at radius 3 is 2.75 bits per heavy atom. The number of nitrogens with zero attached hydrogens (tertiary/aromatic N) is 2. The number of carbonyl (C=O) groups is 1. The lowest BCUT2D eigenvalue weighted by atomic mass is 10.2. The van der Waals surface area contributed by atoms with Crippen LogP contribution >= 0.6 is 0 Å². The molecule has 0 saturated heterocycles. The molecule has 0 spiro atoms. The van der Waals surface area contributed by atoms with Crippen LogP contribution in [0.2, 0.25) is 0 Å². The monoisotopic (exact) mass is 282 g/mol. The predicted molar refractivity (Wildman–Crippen MR) is 72.9 cm³/mol. The van der Waals surface area contributed by atoms with Crippen molar-refractivity contribution < 1.29 is 9.72 Å². The maximum absolute atomic E-state index is 11.7. The quantitative estimate of drug-likeness (QED) is 0.249. The summed E-state index contributed by atoms with van der Waals surface area (Å²) in [6, 6.07) is 1.26. The Morgan fingerprint density at radius 1 is 1.45 bits per heavy atom. The number of unbranched alkanes of at least 4 members (excludes halogenated alkanes) is 2. The van der Waals surface area contributed by atoms with Crippen molar-refractivity contribution in [1.29, 1.82) is 0 Å². The molecular weight excluding hydrogens is 264 g/mol. The number of carbonyl (C=O) groups excluding carboxylic acids is 1. The van der Waals surface area contributed by atoms with Gasteiger partial charge in [-0.15, -0.1) is 0 Å². The first-order valence-corrected chi connectivity index (χ1v) is 6.30. The van der Waals surface area contributed by atoms with Crippen LogP contribution in [-0.2, 0) is 11.3 Å². The van der Waals surface area contributed by atoms with Gasteiger partial charge >= 0.3 is 0 Å². The van der Waals surface area contributed by atoms with Crippen molar-refractivity contribution in [3.8, 4) is 0 Å². The number of aromatic nitrogens is 1. The van der Waals surface area contributed by atoms with Gasteiger partial charge in [-0.05, 0) is 19.8 Å². The van der Waals surface area contributed by atoms with Crippen molar-refractivity contribution in [3.63, 3.8) is 0 Å². The summed E-state index contributed by atoms with van der Waals surface area (Å²) in [5, 5.41) is 10.8. The van der Waals surface area contributed by atoms with Gasteiger partial charge in [-0.25, -0.2) is 5.84 Å². The van der Waals surface area contributed by atoms with Crippen LogP contribution in [0, 0.1) is 17.0 Å². The highest BCUT2D eigenvalue weighted by Gasteiger charge is 2.12. The fourth-order valence-electron chi connectivity index (χ4n) is 1.84. The number of hydrazine groups is 1. The molecule has 0 bridgehead atoms. The summed E-state index contributed by atoms with van der Waals surface area (Å²) in [5.74, 6) is 4.72. The Balaban J connectivity index is 2.56. The number of amides is 1. The molecule has 20 heavy (non-hydrogen) atoms. The second-order valence-corrected chi connectivity index (χ2v) is 4.51. The number of aryl methyl sites for hydroxylation is 2. The van der Waals surface area contributed by atoms with Crippen molar-refractivity contribution in [2.75, 3.05) is 0 Å². The minimum absolute atomic E-state index is 0.0629. The van der Waals surface area contributed by atoms with E-state index in [0.29, 0.717) is 31.4 Å². The number of hydrogen-bond donors (Lipinski definition) is 2. The van der Waals surface area contributed by atoms with Gasteiger partial charge in [0.1, 0.15) is 0 Å². The summed E-state index contributed by atoms with van der Waals surface area (Å²) < 4.78 is 1.33. The molecule has 0 aliphatic carbocycles. The van der Waals surface area contributed by atoms with E-state index in [1.165, 1.54) is 23.8 Å². The first kappa shape index (κ1) is 15.8. The molecule has 8 heteroatoms. The molecule has 8 nitrogen and oxygen atoms in total. The molecule has 0 saturated carbocycles. The standard InChI is InChI=1S/C12H18N4O4/c1-9-7-12(18)15(8-10(9)16(19)20)6-4-2-3-5-11(17)14-13/h7-8H,2-6,13H2,1H3,(H,14,17). The summed E-state index contributed by atoms with van der Waals surface area (Å²) in [7, 11) is 0. The summed E-state index contributed by atoms with van der Waals surface area (Å²) in [6.45, 7) is 1.93. The van der Waals surface area contributed by atoms with Crippen molar-refractivity contribution in [2.45, 2.75) is 39.2 Å². The molecule has 110 valence electrons. The minimum Gasteiger partial charge on any atom is -0.309 e. The largest absolute Gasteiger partial charge is 0.309 e. The van der Waals surface area contributed by atoms with E-state index >= 15 is 0 Å². The molecule has 1 aromatic heterocycles. The molecule has 0 radical (unpaired) electrons. The highest BCUT2D eigenvalue weighted by molar-refractivity contribution is 5.75. The van der Waals surface area contributed by atoms with Crippen molar-refractivity contribution in [2.24, 2.45) is 5.84 Å². The van der Waals surface area contributed by atoms with Gasteiger partial charge in [-0.2, -0.15) is 0 Å². The summed E-state index contributed by atoms with van der Waals surface area (Å²) in [5.41, 5.74) is 2.08. The maximum atomic E-state index is 11.7. The van der Waals surface area contributed by atoms with Gasteiger partial charge < -0.3 is 4.57 Å². The van der Waals surface area contributed by atoms with Crippen LogP contribution in [0.25, 0.3) is 0 Å². The predicted octanol–water partition coefficient (Wildman–Crippen LogP) is 0.615. The molecule has 0 atom stereocenters. The van der Waals surface area contributed by atoms with E-state index in [-0.39, 0.29) is 17.2 Å². The molecule has 0 unspecified atom stereocenters. The van der Waals surface area contributed by atoms with Gasteiger partial charge in [0, 0.05) is 24.6 Å². The molecular formula is C12H18N4O4. The number of nitro groups is 1. The second-order valence-electron chi connectivity index (χ2n) is 4.51. The van der Waals surface area contributed by atoms with Gasteiger partial charge in [0.25, 0.3) is 11.2 Å². The fraction of sp³-hybridized carbons (Fsp3) is 0.500. The Bertz CT molecular complexity index is 553. The molecule has 1 aromatic rings. The first-order chi connectivity index (χ1) is 9.45. The zero-order chi connectivity index (χ0) is 15.1. The van der Waals surface area contributed by atoms with Crippen LogP contribution in [0.4, 0.5) is 5.69 Å². The van der Waals surface area contributed by atoms with Gasteiger partial charge in [0.15, 0.2) is 0 Å². The third kappa shape index (κ3) is 4.47. The molecule has 1 heterocycles. The van der Waals surface area contributed by atoms with E-state index in [1.807, 2.05) is 5.43 Å². The smallest absolute Gasteiger partial charge is 0.288 e. The van der Waals surface area contributed by atoms with Gasteiger partial charge in [0.2, 0.25) is 5.91 Å². The van der Waals surface area contributed by atoms with Crippen molar-refractivity contribution >= 4 is 11.6 Å². The Kier molecular flexibility index (Phi) is 5.85. The van der Waals surface area contributed by atoms with E-state index in [2.05, 4.69) is 0 Å². The van der Waals surface area contributed by atoms with E-state index in [9.17, 15) is 19.7 Å². The van der Waals surface area contributed by atoms with E-state index in [1.54, 1.807) is 0 Å². The first-order valence-electron chi connectivity index (χ1n) is 6.30. The van der Waals surface area contributed by atoms with Crippen LogP contribution in [-0.4, -0.2) is 15.4 Å². The van der Waals surface area contributed by atoms with Crippen LogP contribution in [0.3, 0.4) is 0 Å². The molecule has 3 N–H and O–H groups in total. The van der Waals surface area contributed by atoms with Crippen LogP contribution < -0.4 is 16.8 Å². The average Bonchev–Trinajstić information content (AvgIpc) is 2.39. The fourth-order valence-corrected chi connectivity index (χ4v) is 1.84. The lowest BCUT2D eigenvalue weighted by molar-refractivity contribution is -0.385. The van der Waals surface area contributed by atoms with E-state index < -0.39 is 4.92 Å². The SMILES string of the molecule is Cc1cc(=O)n(CCCCCC(=O)NN)cc1[N+](=O)[O-]. The summed E-state index contributed by atoms with van der Waals surface area (Å²) in [6.07, 6.45) is 3.66. The van der Waals surface area contributed by atoms with Crippen molar-refractivity contribution in [3.05, 3.63) is 38.3 Å². The number of nitrogens with two attached hydrogens (primary N) is 1. The van der Waals surface area contributed by atoms with Crippen LogP contribution in [0.5, 0.6) is 0 Å². The van der Waals surface area contributed by atoms with Crippen LogP contribution in [0.1, 0.15) is 31.2 Å². The molecule has 1 amide bonds. The molecule has 0 fully saturated rings. The van der Waals surface area contributed by atoms with Gasteiger partial charge in [-0.1, -0.05) is 6.42 Å². The summed E-state index contributed by atoms with van der Waals surface area (Å²) >= 11 is 0. The third-order valence-corrected chi connectivity index (χ3v) is 2.97. The highest BCUT2D eigenvalue weighted by Crippen LogP contribution is 2.14. The lowest BCUT2D eigenvalue weighted by Gasteiger charge is -2.06. The lowest BCUT2D eigenvalue weighted by Crippen LogP contribution is -2.29. The normalized spacial score (nSPS) is 10.3. The number of pyridine rings is 1. The van der Waals surface area contributed by atoms with E-state index in [0.717, 1.165) is 6.42 Å². The van der Waals surface area contributed by atoms with Gasteiger partial charge in [-0.3, -0.25) is 25.1 Å².